The zero-order chi connectivity index (χ0) is 17.3. The van der Waals surface area contributed by atoms with Gasteiger partial charge in [0.25, 0.3) is 0 Å². The highest BCUT2D eigenvalue weighted by Crippen LogP contribution is 2.42. The summed E-state index contributed by atoms with van der Waals surface area (Å²) in [5.41, 5.74) is 2.08. The van der Waals surface area contributed by atoms with E-state index >= 15 is 0 Å². The van der Waals surface area contributed by atoms with Crippen molar-refractivity contribution in [1.82, 2.24) is 4.90 Å². The Hall–Kier alpha value is -1.48. The second-order valence-corrected chi connectivity index (χ2v) is 8.27. The van der Waals surface area contributed by atoms with Crippen LogP contribution in [0.5, 0.6) is 0 Å². The van der Waals surface area contributed by atoms with Gasteiger partial charge in [-0.15, -0.1) is 0 Å². The zero-order valence-corrected chi connectivity index (χ0v) is 15.4. The van der Waals surface area contributed by atoms with Crippen LogP contribution in [0.4, 0.5) is 0 Å². The molecule has 0 radical (unpaired) electrons. The average Bonchev–Trinajstić information content (AvgIpc) is 2.85. The molecule has 1 unspecified atom stereocenters. The van der Waals surface area contributed by atoms with Crippen LogP contribution in [0.3, 0.4) is 0 Å². The van der Waals surface area contributed by atoms with Crippen molar-refractivity contribution in [3.8, 4) is 0 Å². The Balaban J connectivity index is 1.50. The minimum atomic E-state index is -0.308. The number of ether oxygens (including phenoxy) is 1. The van der Waals surface area contributed by atoms with Crippen LogP contribution in [0.1, 0.15) is 56.9 Å². The van der Waals surface area contributed by atoms with Gasteiger partial charge in [0.1, 0.15) is 5.60 Å². The maximum absolute atomic E-state index is 12.7. The first-order valence-electron chi connectivity index (χ1n) is 9.58. The lowest BCUT2D eigenvalue weighted by Gasteiger charge is -2.35. The Kier molecular flexibility index (Phi) is 4.77. The fourth-order valence-corrected chi connectivity index (χ4v) is 4.81. The van der Waals surface area contributed by atoms with Gasteiger partial charge in [-0.3, -0.25) is 4.79 Å². The summed E-state index contributed by atoms with van der Waals surface area (Å²) in [5, 5.41) is 0.753. The van der Waals surface area contributed by atoms with Crippen molar-refractivity contribution in [3.63, 3.8) is 0 Å². The minimum absolute atomic E-state index is 0.0468. The predicted molar refractivity (Wildman–Crippen MR) is 100 cm³/mol. The molecule has 3 nitrogen and oxygen atoms in total. The molecule has 2 saturated heterocycles. The van der Waals surface area contributed by atoms with Crippen LogP contribution in [0.25, 0.3) is 6.08 Å². The van der Waals surface area contributed by atoms with Crippen molar-refractivity contribution in [1.29, 1.82) is 0 Å². The number of esters is 1. The summed E-state index contributed by atoms with van der Waals surface area (Å²) < 4.78 is 6.15. The fourth-order valence-electron chi connectivity index (χ4n) is 4.61. The van der Waals surface area contributed by atoms with E-state index in [1.165, 1.54) is 25.0 Å². The molecule has 3 fully saturated rings. The third kappa shape index (κ3) is 3.72. The topological polar surface area (TPSA) is 29.5 Å². The molecule has 1 aromatic rings. The molecule has 0 spiro atoms. The Bertz CT molecular complexity index is 680. The lowest BCUT2D eigenvalue weighted by molar-refractivity contribution is -0.167. The third-order valence-corrected chi connectivity index (χ3v) is 6.12. The highest BCUT2D eigenvalue weighted by molar-refractivity contribution is 6.30. The number of hydrogen-bond acceptors (Lipinski definition) is 3. The number of carbonyl (C=O) groups is 1. The second-order valence-electron chi connectivity index (χ2n) is 7.83. The molecule has 4 rings (SSSR count). The smallest absolute Gasteiger partial charge is 0.309 e. The van der Waals surface area contributed by atoms with Crippen molar-refractivity contribution >= 4 is 23.6 Å². The lowest BCUT2D eigenvalue weighted by atomic mass is 9.88. The zero-order valence-electron chi connectivity index (χ0n) is 14.7. The number of piperidine rings is 1. The van der Waals surface area contributed by atoms with Crippen molar-refractivity contribution < 1.29 is 9.53 Å². The van der Waals surface area contributed by atoms with E-state index in [4.69, 9.17) is 16.3 Å². The Labute approximate surface area is 155 Å². The normalized spacial score (nSPS) is 28.4. The van der Waals surface area contributed by atoms with Crippen LogP contribution in [0.15, 0.2) is 30.0 Å². The Morgan fingerprint density at radius 3 is 2.88 bits per heavy atom. The van der Waals surface area contributed by atoms with E-state index in [1.807, 2.05) is 18.2 Å². The molecular weight excluding hydrogens is 334 g/mol. The van der Waals surface area contributed by atoms with Gasteiger partial charge in [0.15, 0.2) is 0 Å². The molecule has 3 aliphatic rings. The standard InChI is InChI=1S/C21H26ClNO2/c22-18-9-4-6-16(12-18)13-19-14-21(10-5-11-23(19)15-21)25-20(24)17-7-2-1-3-8-17/h4,6,9,12-13,17H,1-3,5,7-8,10-11,14-15H2/b19-13+. The number of fused-ring (bicyclic) bond motifs is 2. The van der Waals surface area contributed by atoms with Gasteiger partial charge < -0.3 is 9.64 Å². The van der Waals surface area contributed by atoms with E-state index in [1.54, 1.807) is 0 Å². The number of nitrogens with zero attached hydrogens (tertiary/aromatic N) is 1. The van der Waals surface area contributed by atoms with Gasteiger partial charge in [-0.25, -0.2) is 0 Å². The lowest BCUT2D eigenvalue weighted by Crippen LogP contribution is -2.43. The van der Waals surface area contributed by atoms with E-state index in [2.05, 4.69) is 17.0 Å². The maximum atomic E-state index is 12.7. The predicted octanol–water partition coefficient (Wildman–Crippen LogP) is 5.04. The highest BCUT2D eigenvalue weighted by Gasteiger charge is 2.47. The SMILES string of the molecule is O=C(OC12CCCN(C1)/C(=C/c1cccc(Cl)c1)C2)C1CCCCC1. The molecule has 2 heterocycles. The molecule has 2 bridgehead atoms. The molecule has 25 heavy (non-hydrogen) atoms. The molecule has 0 amide bonds. The molecule has 4 heteroatoms. The first-order valence-corrected chi connectivity index (χ1v) is 9.95. The number of hydrogen-bond donors (Lipinski definition) is 0. The van der Waals surface area contributed by atoms with Gasteiger partial charge in [0.05, 0.1) is 12.5 Å². The summed E-state index contributed by atoms with van der Waals surface area (Å²) in [6, 6.07) is 7.93. The molecule has 1 aromatic carbocycles. The number of benzene rings is 1. The molecule has 0 N–H and O–H groups in total. The third-order valence-electron chi connectivity index (χ3n) is 5.89. The number of rotatable bonds is 3. The fraction of sp³-hybridized carbons (Fsp3) is 0.571. The number of halogens is 1. The van der Waals surface area contributed by atoms with Crippen LogP contribution >= 0.6 is 11.6 Å². The molecule has 0 aromatic heterocycles. The molecule has 134 valence electrons. The van der Waals surface area contributed by atoms with Crippen LogP contribution in [0.2, 0.25) is 5.02 Å². The van der Waals surface area contributed by atoms with Gasteiger partial charge in [-0.2, -0.15) is 0 Å². The van der Waals surface area contributed by atoms with Gasteiger partial charge in [0.2, 0.25) is 0 Å². The summed E-state index contributed by atoms with van der Waals surface area (Å²) in [7, 11) is 0. The van der Waals surface area contributed by atoms with Gasteiger partial charge in [-0.1, -0.05) is 43.0 Å². The molecular formula is C21H26ClNO2. The van der Waals surface area contributed by atoms with Crippen LogP contribution < -0.4 is 0 Å². The van der Waals surface area contributed by atoms with E-state index in [9.17, 15) is 4.79 Å². The van der Waals surface area contributed by atoms with Gasteiger partial charge in [0, 0.05) is 23.7 Å². The van der Waals surface area contributed by atoms with Crippen LogP contribution in [-0.2, 0) is 9.53 Å². The molecule has 1 atom stereocenters. The summed E-state index contributed by atoms with van der Waals surface area (Å²) >= 11 is 6.11. The van der Waals surface area contributed by atoms with Crippen LogP contribution in [0, 0.1) is 5.92 Å². The quantitative estimate of drug-likeness (QED) is 0.708. The minimum Gasteiger partial charge on any atom is -0.457 e. The molecule has 2 aliphatic heterocycles. The first kappa shape index (κ1) is 17.0. The van der Waals surface area contributed by atoms with Crippen LogP contribution in [-0.4, -0.2) is 29.6 Å². The summed E-state index contributed by atoms with van der Waals surface area (Å²) in [4.78, 5) is 15.1. The van der Waals surface area contributed by atoms with E-state index in [0.29, 0.717) is 0 Å². The summed E-state index contributed by atoms with van der Waals surface area (Å²) in [6.45, 7) is 1.90. The highest BCUT2D eigenvalue weighted by atomic mass is 35.5. The second kappa shape index (κ2) is 7.03. The van der Waals surface area contributed by atoms with Crippen molar-refractivity contribution in [2.75, 3.05) is 13.1 Å². The first-order chi connectivity index (χ1) is 12.1. The van der Waals surface area contributed by atoms with E-state index in [0.717, 1.165) is 55.8 Å². The molecule has 1 saturated carbocycles. The maximum Gasteiger partial charge on any atom is 0.309 e. The van der Waals surface area contributed by atoms with Crippen molar-refractivity contribution in [2.24, 2.45) is 5.92 Å². The number of carbonyl (C=O) groups excluding carboxylic acids is 1. The van der Waals surface area contributed by atoms with Crippen molar-refractivity contribution in [3.05, 3.63) is 40.5 Å². The monoisotopic (exact) mass is 359 g/mol. The Morgan fingerprint density at radius 1 is 1.24 bits per heavy atom. The largest absolute Gasteiger partial charge is 0.457 e. The van der Waals surface area contributed by atoms with Crippen molar-refractivity contribution in [2.45, 2.75) is 57.0 Å². The van der Waals surface area contributed by atoms with Gasteiger partial charge in [-0.05, 0) is 49.5 Å². The van der Waals surface area contributed by atoms with E-state index < -0.39 is 0 Å². The average molecular weight is 360 g/mol. The Morgan fingerprint density at radius 2 is 2.08 bits per heavy atom. The summed E-state index contributed by atoms with van der Waals surface area (Å²) in [5.74, 6) is 0.171. The van der Waals surface area contributed by atoms with Gasteiger partial charge >= 0.3 is 5.97 Å². The molecule has 1 aliphatic carbocycles. The summed E-state index contributed by atoms with van der Waals surface area (Å²) in [6.07, 6.45) is 10.7. The van der Waals surface area contributed by atoms with E-state index in [-0.39, 0.29) is 17.5 Å².